The molecule has 1 aromatic heterocycles. The van der Waals surface area contributed by atoms with E-state index in [0.717, 1.165) is 43.6 Å². The maximum Gasteiger partial charge on any atom is 0.254 e. The number of nitrogens with one attached hydrogen (secondary N) is 2. The van der Waals surface area contributed by atoms with Crippen LogP contribution in [-0.4, -0.2) is 34.9 Å². The van der Waals surface area contributed by atoms with Gasteiger partial charge in [0.15, 0.2) is 0 Å². The van der Waals surface area contributed by atoms with Crippen LogP contribution in [0.1, 0.15) is 48.5 Å². The Labute approximate surface area is 118 Å². The van der Waals surface area contributed by atoms with Crippen LogP contribution in [0.5, 0.6) is 0 Å². The van der Waals surface area contributed by atoms with Crippen molar-refractivity contribution in [2.75, 3.05) is 18.4 Å². The third-order valence-corrected chi connectivity index (χ3v) is 4.40. The van der Waals surface area contributed by atoms with Crippen molar-refractivity contribution in [2.24, 2.45) is 0 Å². The van der Waals surface area contributed by atoms with Gasteiger partial charge in [0.05, 0.1) is 5.56 Å². The zero-order valence-electron chi connectivity index (χ0n) is 11.9. The fourth-order valence-corrected chi connectivity index (χ4v) is 3.09. The van der Waals surface area contributed by atoms with Crippen LogP contribution >= 0.6 is 0 Å². The number of anilines is 1. The molecule has 0 spiro atoms. The van der Waals surface area contributed by atoms with E-state index in [0.29, 0.717) is 18.2 Å². The van der Waals surface area contributed by atoms with Gasteiger partial charge in [-0.2, -0.15) is 0 Å². The molecule has 0 saturated heterocycles. The van der Waals surface area contributed by atoms with E-state index in [1.807, 2.05) is 11.8 Å². The Bertz CT molecular complexity index is 575. The van der Waals surface area contributed by atoms with E-state index in [9.17, 15) is 9.59 Å². The molecule has 1 saturated carbocycles. The molecule has 2 aliphatic rings. The number of aromatic amines is 1. The van der Waals surface area contributed by atoms with Gasteiger partial charge in [-0.15, -0.1) is 0 Å². The first-order chi connectivity index (χ1) is 9.70. The highest BCUT2D eigenvalue weighted by Crippen LogP contribution is 2.28. The molecule has 20 heavy (non-hydrogen) atoms. The van der Waals surface area contributed by atoms with Gasteiger partial charge in [0.25, 0.3) is 5.91 Å². The number of carbonyl (C=O) groups is 1. The number of H-pyrrole nitrogens is 1. The molecular weight excluding hydrogens is 254 g/mol. The molecule has 0 aromatic carbocycles. The van der Waals surface area contributed by atoms with Gasteiger partial charge in [-0.1, -0.05) is 0 Å². The second-order valence-electron chi connectivity index (χ2n) is 5.61. The van der Waals surface area contributed by atoms with Crippen LogP contribution in [0.4, 0.5) is 5.82 Å². The summed E-state index contributed by atoms with van der Waals surface area (Å²) in [5.74, 6) is 0.750. The van der Waals surface area contributed by atoms with E-state index in [1.54, 1.807) is 0 Å². The van der Waals surface area contributed by atoms with Gasteiger partial charge in [-0.05, 0) is 39.0 Å². The van der Waals surface area contributed by atoms with Crippen LogP contribution in [0.2, 0.25) is 0 Å². The Morgan fingerprint density at radius 2 is 2.20 bits per heavy atom. The number of pyridine rings is 1. The summed E-state index contributed by atoms with van der Waals surface area (Å²) in [7, 11) is 0. The van der Waals surface area contributed by atoms with Gasteiger partial charge >= 0.3 is 0 Å². The van der Waals surface area contributed by atoms with Crippen LogP contribution in [0.25, 0.3) is 0 Å². The maximum absolute atomic E-state index is 12.8. The Morgan fingerprint density at radius 1 is 1.40 bits per heavy atom. The SMILES string of the molecule is CCN(C(=O)c1cc(=O)[nH]c2c1CCCN2)C1CCC1. The molecule has 108 valence electrons. The van der Waals surface area contributed by atoms with Gasteiger partial charge in [0.2, 0.25) is 5.56 Å². The summed E-state index contributed by atoms with van der Waals surface area (Å²) in [5, 5.41) is 3.19. The quantitative estimate of drug-likeness (QED) is 0.883. The number of carbonyl (C=O) groups excluding carboxylic acids is 1. The highest BCUT2D eigenvalue weighted by Gasteiger charge is 2.30. The van der Waals surface area contributed by atoms with Crippen LogP contribution in [-0.2, 0) is 6.42 Å². The topological polar surface area (TPSA) is 65.2 Å². The molecule has 3 rings (SSSR count). The van der Waals surface area contributed by atoms with E-state index >= 15 is 0 Å². The normalized spacial score (nSPS) is 17.9. The van der Waals surface area contributed by atoms with E-state index < -0.39 is 0 Å². The lowest BCUT2D eigenvalue weighted by molar-refractivity contribution is 0.0594. The fraction of sp³-hybridized carbons (Fsp3) is 0.600. The second-order valence-corrected chi connectivity index (χ2v) is 5.61. The molecule has 1 fully saturated rings. The molecule has 0 atom stereocenters. The maximum atomic E-state index is 12.8. The van der Waals surface area contributed by atoms with E-state index in [2.05, 4.69) is 10.3 Å². The number of nitrogens with zero attached hydrogens (tertiary/aromatic N) is 1. The van der Waals surface area contributed by atoms with E-state index in [1.165, 1.54) is 12.5 Å². The van der Waals surface area contributed by atoms with Crippen LogP contribution in [0.3, 0.4) is 0 Å². The third kappa shape index (κ3) is 2.21. The molecule has 1 aliphatic carbocycles. The number of aromatic nitrogens is 1. The lowest BCUT2D eigenvalue weighted by atomic mass is 9.90. The average Bonchev–Trinajstić information content (AvgIpc) is 2.40. The summed E-state index contributed by atoms with van der Waals surface area (Å²) in [4.78, 5) is 29.3. The largest absolute Gasteiger partial charge is 0.371 e. The van der Waals surface area contributed by atoms with Gasteiger partial charge in [0.1, 0.15) is 5.82 Å². The van der Waals surface area contributed by atoms with Crippen LogP contribution in [0, 0.1) is 0 Å². The Morgan fingerprint density at radius 3 is 2.85 bits per heavy atom. The Hall–Kier alpha value is -1.78. The van der Waals surface area contributed by atoms with Gasteiger partial charge in [0, 0.05) is 30.8 Å². The number of fused-ring (bicyclic) bond motifs is 1. The highest BCUT2D eigenvalue weighted by atomic mass is 16.2. The average molecular weight is 275 g/mol. The smallest absolute Gasteiger partial charge is 0.254 e. The minimum absolute atomic E-state index is 0.0169. The van der Waals surface area contributed by atoms with Crippen molar-refractivity contribution in [1.82, 2.24) is 9.88 Å². The molecule has 0 unspecified atom stereocenters. The van der Waals surface area contributed by atoms with Gasteiger partial charge < -0.3 is 15.2 Å². The van der Waals surface area contributed by atoms with Crippen LogP contribution in [0.15, 0.2) is 10.9 Å². The monoisotopic (exact) mass is 275 g/mol. The summed E-state index contributed by atoms with van der Waals surface area (Å²) in [5.41, 5.74) is 1.36. The lowest BCUT2D eigenvalue weighted by Gasteiger charge is -2.37. The molecule has 2 N–H and O–H groups in total. The summed E-state index contributed by atoms with van der Waals surface area (Å²) in [6.07, 6.45) is 5.22. The van der Waals surface area contributed by atoms with Gasteiger partial charge in [-0.25, -0.2) is 0 Å². The molecule has 5 nitrogen and oxygen atoms in total. The van der Waals surface area contributed by atoms with Gasteiger partial charge in [-0.3, -0.25) is 9.59 Å². The fourth-order valence-electron chi connectivity index (χ4n) is 3.09. The predicted octanol–water partition coefficient (Wildman–Crippen LogP) is 1.75. The van der Waals surface area contributed by atoms with Crippen LogP contribution < -0.4 is 10.9 Å². The molecule has 1 aliphatic heterocycles. The summed E-state index contributed by atoms with van der Waals surface area (Å²) >= 11 is 0. The number of hydrogen-bond acceptors (Lipinski definition) is 3. The zero-order chi connectivity index (χ0) is 14.1. The van der Waals surface area contributed by atoms with Crippen molar-refractivity contribution >= 4 is 11.7 Å². The summed E-state index contributed by atoms with van der Waals surface area (Å²) < 4.78 is 0. The van der Waals surface area contributed by atoms with Crippen molar-refractivity contribution in [3.8, 4) is 0 Å². The Balaban J connectivity index is 1.97. The first-order valence-corrected chi connectivity index (χ1v) is 7.51. The minimum Gasteiger partial charge on any atom is -0.371 e. The highest BCUT2D eigenvalue weighted by molar-refractivity contribution is 5.97. The summed E-state index contributed by atoms with van der Waals surface area (Å²) in [6, 6.07) is 1.83. The van der Waals surface area contributed by atoms with Crippen molar-refractivity contribution in [1.29, 1.82) is 0 Å². The molecule has 1 aromatic rings. The first-order valence-electron chi connectivity index (χ1n) is 7.51. The molecular formula is C15H21N3O2. The predicted molar refractivity (Wildman–Crippen MR) is 78.2 cm³/mol. The Kier molecular flexibility index (Phi) is 3.51. The first kappa shape index (κ1) is 13.2. The molecule has 0 radical (unpaired) electrons. The number of hydrogen-bond donors (Lipinski definition) is 2. The van der Waals surface area contributed by atoms with E-state index in [-0.39, 0.29) is 11.5 Å². The summed E-state index contributed by atoms with van der Waals surface area (Å²) in [6.45, 7) is 3.56. The number of amides is 1. The van der Waals surface area contributed by atoms with Crippen molar-refractivity contribution in [3.05, 3.63) is 27.5 Å². The molecule has 0 bridgehead atoms. The molecule has 5 heteroatoms. The lowest BCUT2D eigenvalue weighted by Crippen LogP contribution is -2.44. The molecule has 2 heterocycles. The minimum atomic E-state index is -0.203. The van der Waals surface area contributed by atoms with Crippen molar-refractivity contribution in [3.63, 3.8) is 0 Å². The zero-order valence-corrected chi connectivity index (χ0v) is 11.9. The standard InChI is InChI=1S/C15H21N3O2/c1-2-18(10-5-3-6-10)15(20)12-9-13(19)17-14-11(12)7-4-8-16-14/h9-10H,2-8H2,1H3,(H2,16,17,19). The van der Waals surface area contributed by atoms with E-state index in [4.69, 9.17) is 0 Å². The second kappa shape index (κ2) is 5.31. The third-order valence-electron chi connectivity index (χ3n) is 4.40. The van der Waals surface area contributed by atoms with Crippen molar-refractivity contribution in [2.45, 2.75) is 45.1 Å². The van der Waals surface area contributed by atoms with Crippen molar-refractivity contribution < 1.29 is 4.79 Å². The molecule has 1 amide bonds. The number of rotatable bonds is 3.